The highest BCUT2D eigenvalue weighted by Crippen LogP contribution is 2.32. The third-order valence-electron chi connectivity index (χ3n) is 3.27. The van der Waals surface area contributed by atoms with Gasteiger partial charge >= 0.3 is 5.97 Å². The number of nitrogens with one attached hydrogen (secondary N) is 1. The monoisotopic (exact) mass is 340 g/mol. The number of carboxylic acid groups (broad SMARTS) is 1. The second-order valence-electron chi connectivity index (χ2n) is 4.99. The summed E-state index contributed by atoms with van der Waals surface area (Å²) in [5.74, 6) is -2.02. The third kappa shape index (κ3) is 2.40. The summed E-state index contributed by atoms with van der Waals surface area (Å²) in [6.45, 7) is 3.21. The number of anilines is 1. The molecule has 0 saturated carbocycles. The number of rotatable bonds is 2. The van der Waals surface area contributed by atoms with Crippen LogP contribution in [0.3, 0.4) is 0 Å². The molecule has 2 N–H and O–H groups in total. The van der Waals surface area contributed by atoms with E-state index >= 15 is 0 Å². The van der Waals surface area contributed by atoms with Crippen molar-refractivity contribution in [3.05, 3.63) is 28.2 Å². The van der Waals surface area contributed by atoms with E-state index in [-0.39, 0.29) is 12.1 Å². The highest BCUT2D eigenvalue weighted by Gasteiger charge is 2.42. The van der Waals surface area contributed by atoms with E-state index < -0.39 is 23.3 Å². The summed E-state index contributed by atoms with van der Waals surface area (Å²) in [5.41, 5.74) is -0.636. The molecule has 2 rings (SSSR count). The Morgan fingerprint density at radius 2 is 2.05 bits per heavy atom. The Hall–Kier alpha value is -1.89. The van der Waals surface area contributed by atoms with Crippen molar-refractivity contribution < 1.29 is 19.5 Å². The van der Waals surface area contributed by atoms with E-state index in [9.17, 15) is 19.5 Å². The van der Waals surface area contributed by atoms with Gasteiger partial charge in [-0.1, -0.05) is 15.9 Å². The van der Waals surface area contributed by atoms with E-state index in [4.69, 9.17) is 0 Å². The Balaban J connectivity index is 2.59. The van der Waals surface area contributed by atoms with Crippen LogP contribution in [0.1, 0.15) is 24.2 Å². The Labute approximate surface area is 123 Å². The smallest absolute Gasteiger partial charge is 0.337 e. The van der Waals surface area contributed by atoms with Crippen LogP contribution >= 0.6 is 15.9 Å². The number of hydrogen-bond acceptors (Lipinski definition) is 4. The fraction of sp³-hybridized carbons (Fsp3) is 0.308. The minimum atomic E-state index is -1.11. The molecule has 1 aliphatic heterocycles. The Morgan fingerprint density at radius 1 is 1.40 bits per heavy atom. The van der Waals surface area contributed by atoms with Crippen molar-refractivity contribution in [3.8, 4) is 0 Å². The molecule has 1 fully saturated rings. The third-order valence-corrected chi connectivity index (χ3v) is 3.76. The van der Waals surface area contributed by atoms with Crippen molar-refractivity contribution in [3.63, 3.8) is 0 Å². The molecule has 1 heterocycles. The zero-order valence-corrected chi connectivity index (χ0v) is 12.5. The summed E-state index contributed by atoms with van der Waals surface area (Å²) in [4.78, 5) is 36.3. The maximum absolute atomic E-state index is 11.9. The zero-order valence-electron chi connectivity index (χ0n) is 10.9. The van der Waals surface area contributed by atoms with Gasteiger partial charge in [-0.25, -0.2) is 4.79 Å². The molecule has 0 atom stereocenters. The lowest BCUT2D eigenvalue weighted by atomic mass is 9.96. The standard InChI is InChI=1S/C13H13BrN2O4/c1-13(2)12(20)15-10(17)6-16(13)9-5-7(14)3-4-8(9)11(18)19/h3-5H,6H2,1-2H3,(H,18,19)(H,15,17,20). The highest BCUT2D eigenvalue weighted by atomic mass is 79.9. The molecule has 7 heteroatoms. The molecule has 1 aliphatic rings. The number of carboxylic acids is 1. The molecule has 106 valence electrons. The molecule has 1 saturated heterocycles. The SMILES string of the molecule is CC1(C)C(=O)NC(=O)CN1c1cc(Br)ccc1C(=O)O. The zero-order chi connectivity index (χ0) is 15.1. The number of hydrogen-bond donors (Lipinski definition) is 2. The van der Waals surface area contributed by atoms with E-state index in [2.05, 4.69) is 21.2 Å². The van der Waals surface area contributed by atoms with Crippen LogP contribution in [-0.4, -0.2) is 35.0 Å². The molecule has 1 aromatic carbocycles. The molecule has 0 unspecified atom stereocenters. The number of amides is 2. The molecule has 0 bridgehead atoms. The lowest BCUT2D eigenvalue weighted by molar-refractivity contribution is -0.135. The minimum absolute atomic E-state index is 0.0452. The molecule has 0 aromatic heterocycles. The number of benzene rings is 1. The topological polar surface area (TPSA) is 86.7 Å². The fourth-order valence-corrected chi connectivity index (χ4v) is 2.43. The first-order valence-corrected chi connectivity index (χ1v) is 6.67. The molecule has 20 heavy (non-hydrogen) atoms. The van der Waals surface area contributed by atoms with Gasteiger partial charge in [0.2, 0.25) is 5.91 Å². The van der Waals surface area contributed by atoms with Crippen LogP contribution in [0.4, 0.5) is 5.69 Å². The van der Waals surface area contributed by atoms with Crippen LogP contribution in [-0.2, 0) is 9.59 Å². The largest absolute Gasteiger partial charge is 0.478 e. The predicted molar refractivity (Wildman–Crippen MR) is 75.7 cm³/mol. The second-order valence-corrected chi connectivity index (χ2v) is 5.90. The summed E-state index contributed by atoms with van der Waals surface area (Å²) >= 11 is 3.27. The second kappa shape index (κ2) is 4.90. The summed E-state index contributed by atoms with van der Waals surface area (Å²) < 4.78 is 0.673. The Morgan fingerprint density at radius 3 is 2.65 bits per heavy atom. The maximum atomic E-state index is 11.9. The molecule has 1 aromatic rings. The molecule has 0 aliphatic carbocycles. The highest BCUT2D eigenvalue weighted by molar-refractivity contribution is 9.10. The first-order chi connectivity index (χ1) is 9.23. The molecular formula is C13H13BrN2O4. The van der Waals surface area contributed by atoms with Crippen LogP contribution in [0.15, 0.2) is 22.7 Å². The van der Waals surface area contributed by atoms with Gasteiger partial charge in [0.1, 0.15) is 5.54 Å². The number of piperazine rings is 1. The molecule has 6 nitrogen and oxygen atoms in total. The average molecular weight is 341 g/mol. The average Bonchev–Trinajstić information content (AvgIpc) is 2.33. The van der Waals surface area contributed by atoms with Crippen LogP contribution in [0.25, 0.3) is 0 Å². The van der Waals surface area contributed by atoms with E-state index in [0.717, 1.165) is 0 Å². The van der Waals surface area contributed by atoms with Crippen LogP contribution in [0.2, 0.25) is 0 Å². The van der Waals surface area contributed by atoms with Crippen LogP contribution in [0.5, 0.6) is 0 Å². The van der Waals surface area contributed by atoms with Gasteiger partial charge in [-0.3, -0.25) is 14.9 Å². The maximum Gasteiger partial charge on any atom is 0.337 e. The van der Waals surface area contributed by atoms with Gasteiger partial charge in [0.15, 0.2) is 0 Å². The van der Waals surface area contributed by atoms with Crippen LogP contribution < -0.4 is 10.2 Å². The predicted octanol–water partition coefficient (Wildman–Crippen LogP) is 1.39. The lowest BCUT2D eigenvalue weighted by Gasteiger charge is -2.42. The van der Waals surface area contributed by atoms with Gasteiger partial charge in [0.05, 0.1) is 17.8 Å². The van der Waals surface area contributed by atoms with Gasteiger partial charge in [-0.05, 0) is 32.0 Å². The van der Waals surface area contributed by atoms with Crippen molar-refractivity contribution in [2.45, 2.75) is 19.4 Å². The van der Waals surface area contributed by atoms with E-state index in [1.54, 1.807) is 26.0 Å². The number of carbonyl (C=O) groups excluding carboxylic acids is 2. The van der Waals surface area contributed by atoms with E-state index in [1.165, 1.54) is 11.0 Å². The van der Waals surface area contributed by atoms with Crippen molar-refractivity contribution in [1.29, 1.82) is 0 Å². The molecule has 0 spiro atoms. The van der Waals surface area contributed by atoms with E-state index in [0.29, 0.717) is 10.2 Å². The van der Waals surface area contributed by atoms with Crippen molar-refractivity contribution in [2.75, 3.05) is 11.4 Å². The number of nitrogens with zero attached hydrogens (tertiary/aromatic N) is 1. The Kier molecular flexibility index (Phi) is 3.56. The van der Waals surface area contributed by atoms with Crippen molar-refractivity contribution >= 4 is 39.4 Å². The minimum Gasteiger partial charge on any atom is -0.478 e. The summed E-state index contributed by atoms with van der Waals surface area (Å²) in [6.07, 6.45) is 0. The first kappa shape index (κ1) is 14.5. The fourth-order valence-electron chi connectivity index (χ4n) is 2.08. The summed E-state index contributed by atoms with van der Waals surface area (Å²) in [5, 5.41) is 11.5. The lowest BCUT2D eigenvalue weighted by Crippen LogP contribution is -2.64. The van der Waals surface area contributed by atoms with Gasteiger partial charge < -0.3 is 10.0 Å². The quantitative estimate of drug-likeness (QED) is 0.794. The van der Waals surface area contributed by atoms with Crippen LogP contribution in [0, 0.1) is 0 Å². The van der Waals surface area contributed by atoms with Crippen molar-refractivity contribution in [2.24, 2.45) is 0 Å². The van der Waals surface area contributed by atoms with E-state index in [1.807, 2.05) is 0 Å². The van der Waals surface area contributed by atoms with Gasteiger partial charge in [0, 0.05) is 4.47 Å². The van der Waals surface area contributed by atoms with Gasteiger partial charge in [-0.2, -0.15) is 0 Å². The Bertz CT molecular complexity index is 612. The van der Waals surface area contributed by atoms with Crippen molar-refractivity contribution in [1.82, 2.24) is 5.32 Å². The molecular weight excluding hydrogens is 328 g/mol. The van der Waals surface area contributed by atoms with Gasteiger partial charge in [0.25, 0.3) is 5.91 Å². The number of imide groups is 1. The number of halogens is 1. The number of aromatic carboxylic acids is 1. The number of carbonyl (C=O) groups is 3. The molecule has 0 radical (unpaired) electrons. The summed E-state index contributed by atoms with van der Waals surface area (Å²) in [6, 6.07) is 4.64. The summed E-state index contributed by atoms with van der Waals surface area (Å²) in [7, 11) is 0. The normalized spacial score (nSPS) is 17.9. The first-order valence-electron chi connectivity index (χ1n) is 5.88. The molecule has 2 amide bonds. The van der Waals surface area contributed by atoms with Gasteiger partial charge in [-0.15, -0.1) is 0 Å².